The van der Waals surface area contributed by atoms with E-state index in [1.54, 1.807) is 69.3 Å². The fourth-order valence-corrected chi connectivity index (χ4v) is 4.85. The van der Waals surface area contributed by atoms with Gasteiger partial charge in [-0.2, -0.15) is 5.26 Å². The number of nitriles is 1. The van der Waals surface area contributed by atoms with Crippen molar-refractivity contribution in [3.05, 3.63) is 96.0 Å². The van der Waals surface area contributed by atoms with Gasteiger partial charge in [-0.25, -0.2) is 0 Å². The summed E-state index contributed by atoms with van der Waals surface area (Å²) in [6.07, 6.45) is 1.60. The zero-order chi connectivity index (χ0) is 25.3. The van der Waals surface area contributed by atoms with Gasteiger partial charge < -0.3 is 4.42 Å². The van der Waals surface area contributed by atoms with Gasteiger partial charge in [0, 0.05) is 22.1 Å². The Bertz CT molecular complexity index is 1650. The molecule has 0 atom stereocenters. The molecule has 35 heavy (non-hydrogen) atoms. The summed E-state index contributed by atoms with van der Waals surface area (Å²) in [7, 11) is 0. The molecule has 4 rings (SSSR count). The molecule has 176 valence electrons. The predicted molar refractivity (Wildman–Crippen MR) is 140 cm³/mol. The summed E-state index contributed by atoms with van der Waals surface area (Å²) in [6.45, 7) is 5.20. The second-order valence-electron chi connectivity index (χ2n) is 8.78. The normalized spacial score (nSPS) is 13.0. The molecule has 2 aromatic heterocycles. The van der Waals surface area contributed by atoms with Gasteiger partial charge in [0.05, 0.1) is 15.2 Å². The SMILES string of the molecule is CC(C)(C)C(=O)C(C#N)=c1sc(=Cc2ccc(-c3ccccc3Cl)o2)c(=O)n1-c1ccc(Cl)cc1. The Morgan fingerprint density at radius 3 is 2.37 bits per heavy atom. The maximum atomic E-state index is 13.5. The van der Waals surface area contributed by atoms with E-state index in [0.717, 1.165) is 16.9 Å². The lowest BCUT2D eigenvalue weighted by atomic mass is 9.87. The van der Waals surface area contributed by atoms with Gasteiger partial charge in [0.15, 0.2) is 5.78 Å². The van der Waals surface area contributed by atoms with Crippen LogP contribution in [0.4, 0.5) is 0 Å². The highest BCUT2D eigenvalue weighted by Gasteiger charge is 2.27. The lowest BCUT2D eigenvalue weighted by Gasteiger charge is -2.15. The Hall–Kier alpha value is -3.37. The number of benzene rings is 2. The molecular formula is C27H20Cl2N2O3S. The molecule has 0 spiro atoms. The number of carbonyl (C=O) groups is 1. The number of carbonyl (C=O) groups excluding carboxylic acids is 1. The van der Waals surface area contributed by atoms with E-state index >= 15 is 0 Å². The van der Waals surface area contributed by atoms with Crippen LogP contribution in [0.25, 0.3) is 28.7 Å². The molecule has 5 nitrogen and oxygen atoms in total. The molecule has 0 fully saturated rings. The van der Waals surface area contributed by atoms with Crippen molar-refractivity contribution in [3.63, 3.8) is 0 Å². The summed E-state index contributed by atoms with van der Waals surface area (Å²) in [5.41, 5.74) is -0.0287. The van der Waals surface area contributed by atoms with Crippen molar-refractivity contribution in [2.45, 2.75) is 20.8 Å². The van der Waals surface area contributed by atoms with Gasteiger partial charge in [0.2, 0.25) is 0 Å². The first-order chi connectivity index (χ1) is 16.6. The summed E-state index contributed by atoms with van der Waals surface area (Å²) in [5, 5.41) is 10.9. The topological polar surface area (TPSA) is 76.0 Å². The molecule has 2 aromatic carbocycles. The summed E-state index contributed by atoms with van der Waals surface area (Å²) < 4.78 is 7.86. The van der Waals surface area contributed by atoms with E-state index in [9.17, 15) is 14.9 Å². The summed E-state index contributed by atoms with van der Waals surface area (Å²) in [6, 6.07) is 19.5. The average Bonchev–Trinajstić information content (AvgIpc) is 3.40. The van der Waals surface area contributed by atoms with E-state index in [2.05, 4.69) is 0 Å². The molecule has 0 N–H and O–H groups in total. The van der Waals surface area contributed by atoms with Crippen LogP contribution in [0.2, 0.25) is 10.0 Å². The Morgan fingerprint density at radius 1 is 1.06 bits per heavy atom. The van der Waals surface area contributed by atoms with E-state index < -0.39 is 5.41 Å². The van der Waals surface area contributed by atoms with Gasteiger partial charge in [-0.1, -0.05) is 56.1 Å². The standard InChI is InChI=1S/C27H20Cl2N2O3S/c1-27(2,3)24(32)20(15-30)26-31(17-10-8-16(28)9-11-17)25(33)23(35-26)14-18-12-13-22(34-18)19-6-4-5-7-21(19)29/h4-14H,1-3H3. The molecule has 0 aliphatic rings. The van der Waals surface area contributed by atoms with E-state index in [4.69, 9.17) is 27.6 Å². The fourth-order valence-electron chi connectivity index (χ4n) is 3.41. The van der Waals surface area contributed by atoms with Crippen molar-refractivity contribution in [2.75, 3.05) is 0 Å². The third-order valence-electron chi connectivity index (χ3n) is 5.18. The van der Waals surface area contributed by atoms with Crippen molar-refractivity contribution < 1.29 is 9.21 Å². The zero-order valence-corrected chi connectivity index (χ0v) is 21.5. The van der Waals surface area contributed by atoms with Crippen LogP contribution in [0.5, 0.6) is 0 Å². The first-order valence-corrected chi connectivity index (χ1v) is 12.2. The Morgan fingerprint density at radius 2 is 1.74 bits per heavy atom. The third-order valence-corrected chi connectivity index (χ3v) is 6.86. The number of hydrogen-bond acceptors (Lipinski definition) is 5. The van der Waals surface area contributed by atoms with Gasteiger partial charge in [-0.05, 0) is 48.5 Å². The number of hydrogen-bond donors (Lipinski definition) is 0. The van der Waals surface area contributed by atoms with Crippen LogP contribution in [-0.4, -0.2) is 10.4 Å². The quantitative estimate of drug-likeness (QED) is 0.350. The lowest BCUT2D eigenvalue weighted by Crippen LogP contribution is -2.33. The van der Waals surface area contributed by atoms with Gasteiger partial charge in [-0.3, -0.25) is 14.2 Å². The number of furan rings is 1. The van der Waals surface area contributed by atoms with Crippen LogP contribution in [0.15, 0.2) is 69.9 Å². The smallest absolute Gasteiger partial charge is 0.273 e. The highest BCUT2D eigenvalue weighted by atomic mass is 35.5. The molecule has 4 aromatic rings. The minimum atomic E-state index is -0.801. The minimum absolute atomic E-state index is 0.0783. The first-order valence-electron chi connectivity index (χ1n) is 10.6. The van der Waals surface area contributed by atoms with E-state index in [-0.39, 0.29) is 21.6 Å². The number of ketones is 1. The molecule has 0 saturated carbocycles. The maximum Gasteiger partial charge on any atom is 0.273 e. The van der Waals surface area contributed by atoms with Gasteiger partial charge in [0.1, 0.15) is 27.8 Å². The molecule has 0 saturated heterocycles. The van der Waals surface area contributed by atoms with E-state index in [0.29, 0.717) is 31.8 Å². The van der Waals surface area contributed by atoms with Gasteiger partial charge in [-0.15, -0.1) is 11.3 Å². The number of rotatable bonds is 4. The summed E-state index contributed by atoms with van der Waals surface area (Å²) >= 11 is 13.4. The van der Waals surface area contributed by atoms with Crippen LogP contribution < -0.4 is 14.8 Å². The highest BCUT2D eigenvalue weighted by molar-refractivity contribution is 7.07. The Balaban J connectivity index is 1.97. The molecule has 0 aliphatic heterocycles. The van der Waals surface area contributed by atoms with Crippen LogP contribution >= 0.6 is 34.5 Å². The maximum absolute atomic E-state index is 13.5. The summed E-state index contributed by atoms with van der Waals surface area (Å²) in [4.78, 5) is 26.6. The Kier molecular flexibility index (Phi) is 6.86. The molecule has 0 aliphatic carbocycles. The third kappa shape index (κ3) is 5.03. The average molecular weight is 523 g/mol. The van der Waals surface area contributed by atoms with E-state index in [1.807, 2.05) is 24.3 Å². The van der Waals surface area contributed by atoms with Crippen molar-refractivity contribution in [1.82, 2.24) is 4.57 Å². The highest BCUT2D eigenvalue weighted by Crippen LogP contribution is 2.29. The van der Waals surface area contributed by atoms with Crippen molar-refractivity contribution in [2.24, 2.45) is 5.41 Å². The van der Waals surface area contributed by atoms with Crippen LogP contribution in [0.3, 0.4) is 0 Å². The molecule has 8 heteroatoms. The first kappa shape index (κ1) is 24.7. The second-order valence-corrected chi connectivity index (χ2v) is 10.7. The molecule has 2 heterocycles. The number of aromatic nitrogens is 1. The zero-order valence-electron chi connectivity index (χ0n) is 19.1. The van der Waals surface area contributed by atoms with Crippen molar-refractivity contribution >= 4 is 52.0 Å². The molecule has 0 amide bonds. The number of nitrogens with zero attached hydrogens (tertiary/aromatic N) is 2. The number of halogens is 2. The lowest BCUT2D eigenvalue weighted by molar-refractivity contribution is -0.120. The van der Waals surface area contributed by atoms with Gasteiger partial charge in [0.25, 0.3) is 5.56 Å². The largest absolute Gasteiger partial charge is 0.457 e. The Labute approximate surface area is 215 Å². The minimum Gasteiger partial charge on any atom is -0.457 e. The monoisotopic (exact) mass is 522 g/mol. The van der Waals surface area contributed by atoms with Crippen LogP contribution in [0, 0.1) is 16.7 Å². The van der Waals surface area contributed by atoms with Crippen molar-refractivity contribution in [3.8, 4) is 23.1 Å². The van der Waals surface area contributed by atoms with Crippen LogP contribution in [-0.2, 0) is 4.79 Å². The molecular weight excluding hydrogens is 503 g/mol. The summed E-state index contributed by atoms with van der Waals surface area (Å²) in [5.74, 6) is 0.645. The van der Waals surface area contributed by atoms with Crippen molar-refractivity contribution in [1.29, 1.82) is 5.26 Å². The molecule has 0 unspecified atom stereocenters. The second kappa shape index (κ2) is 9.71. The van der Waals surface area contributed by atoms with E-state index in [1.165, 1.54) is 4.57 Å². The number of Topliss-reactive ketones (excluding diaryl/α,β-unsaturated/α-hetero) is 1. The fraction of sp³-hybridized carbons (Fsp3) is 0.148. The molecule has 0 bridgehead atoms. The predicted octanol–water partition coefficient (Wildman–Crippen LogP) is 5.58. The number of thiazole rings is 1. The molecule has 0 radical (unpaired) electrons. The van der Waals surface area contributed by atoms with Gasteiger partial charge >= 0.3 is 0 Å². The van der Waals surface area contributed by atoms with Crippen LogP contribution in [0.1, 0.15) is 26.5 Å².